The summed E-state index contributed by atoms with van der Waals surface area (Å²) in [6.45, 7) is 4.06. The van der Waals surface area contributed by atoms with Gasteiger partial charge in [-0.05, 0) is 37.6 Å². The third-order valence-electron chi connectivity index (χ3n) is 6.63. The highest BCUT2D eigenvalue weighted by Gasteiger charge is 2.46. The van der Waals surface area contributed by atoms with Crippen LogP contribution < -0.4 is 14.4 Å². The van der Waals surface area contributed by atoms with Gasteiger partial charge in [-0.25, -0.2) is 15.0 Å². The van der Waals surface area contributed by atoms with E-state index in [1.807, 2.05) is 30.5 Å². The minimum atomic E-state index is -0.544. The maximum Gasteiger partial charge on any atom is 0.319 e. The topological polar surface area (TPSA) is 99.7 Å². The van der Waals surface area contributed by atoms with Crippen molar-refractivity contribution in [3.05, 3.63) is 82.1 Å². The molecule has 0 saturated heterocycles. The molecule has 1 aromatic carbocycles. The number of carbonyl (C=O) groups is 1. The average Bonchev–Trinajstić information content (AvgIpc) is 3.62. The molecule has 12 heteroatoms. The zero-order valence-electron chi connectivity index (χ0n) is 21.5. The number of nitrogens with zero attached hydrogens (tertiary/aromatic N) is 7. The first-order valence-corrected chi connectivity index (χ1v) is 12.9. The summed E-state index contributed by atoms with van der Waals surface area (Å²) >= 11 is 12.7. The van der Waals surface area contributed by atoms with Crippen molar-refractivity contribution in [2.45, 2.75) is 25.9 Å². The molecule has 0 saturated carbocycles. The van der Waals surface area contributed by atoms with Gasteiger partial charge in [0.25, 0.3) is 5.91 Å². The molecule has 1 unspecified atom stereocenters. The number of imidazole rings is 2. The lowest BCUT2D eigenvalue weighted by molar-refractivity contribution is 0.0989. The second-order valence-corrected chi connectivity index (χ2v) is 10.1. The number of benzene rings is 1. The highest BCUT2D eigenvalue weighted by molar-refractivity contribution is 6.31. The summed E-state index contributed by atoms with van der Waals surface area (Å²) in [6, 6.07) is 8.70. The lowest BCUT2D eigenvalue weighted by Crippen LogP contribution is -2.31. The van der Waals surface area contributed by atoms with E-state index in [9.17, 15) is 4.79 Å². The number of ether oxygens (including phenoxy) is 2. The van der Waals surface area contributed by atoms with Gasteiger partial charge in [0.15, 0.2) is 11.3 Å². The van der Waals surface area contributed by atoms with Gasteiger partial charge in [0.1, 0.15) is 11.9 Å². The van der Waals surface area contributed by atoms with Crippen LogP contribution in [-0.4, -0.2) is 49.0 Å². The molecular formula is C27H23Cl2N7O3. The van der Waals surface area contributed by atoms with Crippen molar-refractivity contribution in [3.8, 4) is 23.3 Å². The van der Waals surface area contributed by atoms with Crippen LogP contribution in [0, 0.1) is 0 Å². The van der Waals surface area contributed by atoms with Gasteiger partial charge in [0.05, 0.1) is 36.2 Å². The van der Waals surface area contributed by atoms with Crippen LogP contribution in [0.1, 0.15) is 47.7 Å². The van der Waals surface area contributed by atoms with Gasteiger partial charge in [0, 0.05) is 35.9 Å². The average molecular weight is 564 g/mol. The van der Waals surface area contributed by atoms with Crippen molar-refractivity contribution >= 4 is 40.4 Å². The Morgan fingerprint density at radius 2 is 1.77 bits per heavy atom. The minimum Gasteiger partial charge on any atom is -0.480 e. The van der Waals surface area contributed by atoms with E-state index < -0.39 is 6.04 Å². The molecule has 0 bridgehead atoms. The molecule has 39 heavy (non-hydrogen) atoms. The van der Waals surface area contributed by atoms with Gasteiger partial charge in [-0.15, -0.1) is 0 Å². The molecule has 0 radical (unpaired) electrons. The molecule has 0 aliphatic carbocycles. The Balaban J connectivity index is 1.63. The van der Waals surface area contributed by atoms with Crippen LogP contribution in [0.5, 0.6) is 11.9 Å². The van der Waals surface area contributed by atoms with Crippen LogP contribution in [0.4, 0.5) is 5.69 Å². The predicted octanol–water partition coefficient (Wildman–Crippen LogP) is 5.64. The lowest BCUT2D eigenvalue weighted by atomic mass is 10.0. The van der Waals surface area contributed by atoms with Crippen molar-refractivity contribution < 1.29 is 14.3 Å². The summed E-state index contributed by atoms with van der Waals surface area (Å²) in [5, 5.41) is 1.06. The van der Waals surface area contributed by atoms with Gasteiger partial charge in [-0.1, -0.05) is 35.3 Å². The molecule has 0 spiro atoms. The van der Waals surface area contributed by atoms with Crippen molar-refractivity contribution in [2.24, 2.45) is 0 Å². The van der Waals surface area contributed by atoms with E-state index in [-0.39, 0.29) is 23.8 Å². The number of amides is 1. The molecule has 1 atom stereocenters. The van der Waals surface area contributed by atoms with Gasteiger partial charge < -0.3 is 18.4 Å². The molecule has 5 heterocycles. The fourth-order valence-electron chi connectivity index (χ4n) is 5.05. The molecule has 0 N–H and O–H groups in total. The lowest BCUT2D eigenvalue weighted by Gasteiger charge is -2.28. The van der Waals surface area contributed by atoms with Crippen LogP contribution in [0.3, 0.4) is 0 Å². The standard InChI is InChI=1S/C27H23Cl2N7O3/c1-14(2)35-22-20(32-23(35)18-12-31-27(39-4)33-25(18)38-3)26(37)36(21(22)15-5-7-16(28)8-6-15)19-11-17(29)13-34-10-9-30-24(19)34/h5-14,21H,1-4H3. The minimum absolute atomic E-state index is 0.0867. The Kier molecular flexibility index (Phi) is 6.16. The van der Waals surface area contributed by atoms with E-state index >= 15 is 0 Å². The number of aromatic nitrogens is 6. The van der Waals surface area contributed by atoms with Crippen molar-refractivity contribution in [1.82, 2.24) is 28.9 Å². The number of pyridine rings is 1. The maximum absolute atomic E-state index is 14.3. The first-order valence-electron chi connectivity index (χ1n) is 12.1. The number of hydrogen-bond acceptors (Lipinski definition) is 7. The fourth-order valence-corrected chi connectivity index (χ4v) is 5.38. The van der Waals surface area contributed by atoms with Crippen LogP contribution in [0.15, 0.2) is 55.1 Å². The first kappa shape index (κ1) is 25.1. The Bertz CT molecular complexity index is 1730. The number of fused-ring (bicyclic) bond motifs is 2. The van der Waals surface area contributed by atoms with E-state index in [1.165, 1.54) is 14.2 Å². The van der Waals surface area contributed by atoms with Crippen LogP contribution in [0.2, 0.25) is 10.0 Å². The summed E-state index contributed by atoms with van der Waals surface area (Å²) < 4.78 is 14.5. The zero-order chi connectivity index (χ0) is 27.4. The Morgan fingerprint density at radius 3 is 2.46 bits per heavy atom. The van der Waals surface area contributed by atoms with Crippen molar-refractivity contribution in [3.63, 3.8) is 0 Å². The Labute approximate surface area is 233 Å². The summed E-state index contributed by atoms with van der Waals surface area (Å²) in [4.78, 5) is 33.9. The summed E-state index contributed by atoms with van der Waals surface area (Å²) in [6.07, 6.45) is 6.79. The summed E-state index contributed by atoms with van der Waals surface area (Å²) in [5.74, 6) is 0.512. The largest absolute Gasteiger partial charge is 0.480 e. The van der Waals surface area contributed by atoms with Crippen molar-refractivity contribution in [1.29, 1.82) is 0 Å². The molecule has 4 aromatic heterocycles. The van der Waals surface area contributed by atoms with Crippen LogP contribution in [-0.2, 0) is 0 Å². The van der Waals surface area contributed by atoms with Crippen LogP contribution >= 0.6 is 23.2 Å². The smallest absolute Gasteiger partial charge is 0.319 e. The van der Waals surface area contributed by atoms with Crippen LogP contribution in [0.25, 0.3) is 17.0 Å². The zero-order valence-corrected chi connectivity index (χ0v) is 23.0. The highest BCUT2D eigenvalue weighted by atomic mass is 35.5. The van der Waals surface area contributed by atoms with Gasteiger partial charge in [-0.3, -0.25) is 9.69 Å². The second-order valence-electron chi connectivity index (χ2n) is 9.24. The molecule has 10 nitrogen and oxygen atoms in total. The van der Waals surface area contributed by atoms with E-state index in [0.717, 1.165) is 11.3 Å². The second kappa shape index (κ2) is 9.55. The number of anilines is 1. The molecule has 198 valence electrons. The summed E-state index contributed by atoms with van der Waals surface area (Å²) in [7, 11) is 2.99. The fraction of sp³-hybridized carbons (Fsp3) is 0.222. The first-order chi connectivity index (χ1) is 18.8. The highest BCUT2D eigenvalue weighted by Crippen LogP contribution is 2.46. The molecule has 0 fully saturated rings. The SMILES string of the molecule is COc1ncc(-c2nc3c(n2C(C)C)C(c2ccc(Cl)cc2)N(c2cc(Cl)cn4ccnc24)C3=O)c(OC)n1. The molecular weight excluding hydrogens is 541 g/mol. The molecule has 6 rings (SSSR count). The van der Waals surface area contributed by atoms with E-state index in [0.29, 0.717) is 38.5 Å². The van der Waals surface area contributed by atoms with E-state index in [2.05, 4.69) is 15.0 Å². The number of halogens is 2. The summed E-state index contributed by atoms with van der Waals surface area (Å²) in [5.41, 5.74) is 3.57. The number of carbonyl (C=O) groups excluding carboxylic acids is 1. The van der Waals surface area contributed by atoms with E-state index in [1.54, 1.807) is 52.3 Å². The number of hydrogen-bond donors (Lipinski definition) is 0. The maximum atomic E-state index is 14.3. The van der Waals surface area contributed by atoms with Gasteiger partial charge in [0.2, 0.25) is 5.88 Å². The Morgan fingerprint density at radius 1 is 1.00 bits per heavy atom. The molecule has 5 aromatic rings. The number of methoxy groups -OCH3 is 2. The molecule has 1 aliphatic rings. The number of rotatable bonds is 6. The van der Waals surface area contributed by atoms with Crippen molar-refractivity contribution in [2.75, 3.05) is 19.1 Å². The van der Waals surface area contributed by atoms with E-state index in [4.69, 9.17) is 37.7 Å². The normalized spacial score (nSPS) is 14.9. The molecule has 1 aliphatic heterocycles. The third-order valence-corrected chi connectivity index (χ3v) is 7.09. The van der Waals surface area contributed by atoms with Gasteiger partial charge in [-0.2, -0.15) is 4.98 Å². The Hall–Kier alpha value is -4.15. The third kappa shape index (κ3) is 3.98. The monoisotopic (exact) mass is 563 g/mol. The van der Waals surface area contributed by atoms with Gasteiger partial charge >= 0.3 is 6.01 Å². The molecule has 1 amide bonds. The predicted molar refractivity (Wildman–Crippen MR) is 147 cm³/mol. The quantitative estimate of drug-likeness (QED) is 0.263.